The largest absolute Gasteiger partial charge is 0.370 e. The molecule has 0 atom stereocenters. The normalized spacial score (nSPS) is 16.8. The molecule has 0 spiro atoms. The van der Waals surface area contributed by atoms with Crippen molar-refractivity contribution >= 4 is 27.5 Å². The Balaban J connectivity index is 1.71. The average Bonchev–Trinajstić information content (AvgIpc) is 3.05. The first-order chi connectivity index (χ1) is 10.1. The second kappa shape index (κ2) is 6.05. The van der Waals surface area contributed by atoms with Crippen molar-refractivity contribution < 1.29 is 0 Å². The molecule has 2 aromatic rings. The van der Waals surface area contributed by atoms with Crippen LogP contribution >= 0.6 is 15.9 Å². The van der Waals surface area contributed by atoms with Gasteiger partial charge in [-0.05, 0) is 47.3 Å². The molecule has 3 N–H and O–H groups in total. The molecule has 0 bridgehead atoms. The summed E-state index contributed by atoms with van der Waals surface area (Å²) in [5.41, 5.74) is 8.97. The van der Waals surface area contributed by atoms with Crippen molar-refractivity contribution in [3.8, 4) is 0 Å². The van der Waals surface area contributed by atoms with E-state index in [4.69, 9.17) is 5.73 Å². The summed E-state index contributed by atoms with van der Waals surface area (Å²) in [6.07, 6.45) is 8.95. The number of rotatable bonds is 3. The number of hydrogen-bond acceptors (Lipinski definition) is 2. The van der Waals surface area contributed by atoms with Crippen LogP contribution in [0.25, 0.3) is 5.65 Å². The maximum Gasteiger partial charge on any atom is 0.189 e. The molecule has 5 nitrogen and oxygen atoms in total. The first-order valence-electron chi connectivity index (χ1n) is 7.32. The van der Waals surface area contributed by atoms with E-state index in [0.29, 0.717) is 18.5 Å². The number of fused-ring (bicyclic) bond motifs is 1. The minimum atomic E-state index is 0.494. The predicted octanol–water partition coefficient (Wildman–Crippen LogP) is 2.75. The number of aliphatic imine (C=N–C) groups is 1. The van der Waals surface area contributed by atoms with Crippen LogP contribution in [-0.4, -0.2) is 21.4 Å². The zero-order valence-corrected chi connectivity index (χ0v) is 13.7. The van der Waals surface area contributed by atoms with Crippen LogP contribution in [0.3, 0.4) is 0 Å². The lowest BCUT2D eigenvalue weighted by Gasteiger charge is -2.11. The van der Waals surface area contributed by atoms with Crippen molar-refractivity contribution in [3.63, 3.8) is 0 Å². The fourth-order valence-corrected chi connectivity index (χ4v) is 3.41. The highest BCUT2D eigenvalue weighted by molar-refractivity contribution is 9.10. The molecule has 1 saturated carbocycles. The molecule has 112 valence electrons. The van der Waals surface area contributed by atoms with Gasteiger partial charge in [0.25, 0.3) is 0 Å². The minimum Gasteiger partial charge on any atom is -0.370 e. The number of aryl methyl sites for hydroxylation is 1. The third-order valence-electron chi connectivity index (χ3n) is 3.87. The molecule has 0 radical (unpaired) electrons. The summed E-state index contributed by atoms with van der Waals surface area (Å²) >= 11 is 3.50. The Morgan fingerprint density at radius 1 is 1.48 bits per heavy atom. The van der Waals surface area contributed by atoms with Gasteiger partial charge in [-0.3, -0.25) is 0 Å². The predicted molar refractivity (Wildman–Crippen MR) is 88.3 cm³/mol. The summed E-state index contributed by atoms with van der Waals surface area (Å²) in [5.74, 6) is 0.525. The fraction of sp³-hybridized carbons (Fsp3) is 0.467. The molecule has 3 rings (SSSR count). The topological polar surface area (TPSA) is 67.7 Å². The van der Waals surface area contributed by atoms with E-state index in [-0.39, 0.29) is 0 Å². The Kier molecular flexibility index (Phi) is 4.14. The molecule has 0 unspecified atom stereocenters. The van der Waals surface area contributed by atoms with Crippen LogP contribution in [-0.2, 0) is 6.54 Å². The summed E-state index contributed by atoms with van der Waals surface area (Å²) in [5, 5.41) is 3.29. The molecule has 0 aromatic carbocycles. The smallest absolute Gasteiger partial charge is 0.189 e. The van der Waals surface area contributed by atoms with Crippen LogP contribution in [0, 0.1) is 6.92 Å². The molecule has 2 heterocycles. The molecular weight excluding hydrogens is 330 g/mol. The second-order valence-corrected chi connectivity index (χ2v) is 6.55. The molecule has 6 heteroatoms. The Morgan fingerprint density at radius 2 is 2.24 bits per heavy atom. The van der Waals surface area contributed by atoms with Crippen molar-refractivity contribution in [2.75, 3.05) is 0 Å². The number of halogens is 1. The van der Waals surface area contributed by atoms with E-state index in [2.05, 4.69) is 44.2 Å². The fourth-order valence-electron chi connectivity index (χ4n) is 2.84. The van der Waals surface area contributed by atoms with Gasteiger partial charge >= 0.3 is 0 Å². The van der Waals surface area contributed by atoms with Gasteiger partial charge in [0.1, 0.15) is 5.65 Å². The Morgan fingerprint density at radius 3 is 3.00 bits per heavy atom. The number of guanidine groups is 1. The zero-order valence-electron chi connectivity index (χ0n) is 12.1. The molecule has 1 aliphatic rings. The quantitative estimate of drug-likeness (QED) is 0.661. The molecule has 2 aromatic heterocycles. The zero-order chi connectivity index (χ0) is 14.8. The number of nitrogens with zero attached hydrogens (tertiary/aromatic N) is 3. The number of nitrogens with one attached hydrogen (secondary N) is 1. The van der Waals surface area contributed by atoms with E-state index < -0.39 is 0 Å². The highest BCUT2D eigenvalue weighted by Crippen LogP contribution is 2.18. The Labute approximate surface area is 132 Å². The summed E-state index contributed by atoms with van der Waals surface area (Å²) < 4.78 is 3.06. The van der Waals surface area contributed by atoms with E-state index in [9.17, 15) is 0 Å². The standard InChI is InChI=1S/C15H20BrN5/c1-10-6-11(16)8-21-9-13(19-14(10)21)7-18-15(17)20-12-4-2-3-5-12/h6,8-9,12H,2-5,7H2,1H3,(H3,17,18,20). The van der Waals surface area contributed by atoms with Crippen molar-refractivity contribution in [2.45, 2.75) is 45.2 Å². The number of pyridine rings is 1. The average molecular weight is 350 g/mol. The van der Waals surface area contributed by atoms with Crippen LogP contribution in [0.5, 0.6) is 0 Å². The number of imidazole rings is 1. The van der Waals surface area contributed by atoms with Gasteiger partial charge in [0.05, 0.1) is 12.2 Å². The Hall–Kier alpha value is -1.56. The number of aromatic nitrogens is 2. The van der Waals surface area contributed by atoms with Gasteiger partial charge in [0.2, 0.25) is 0 Å². The van der Waals surface area contributed by atoms with Crippen molar-refractivity contribution in [1.82, 2.24) is 14.7 Å². The molecular formula is C15H20BrN5. The minimum absolute atomic E-state index is 0.494. The first-order valence-corrected chi connectivity index (χ1v) is 8.11. The van der Waals surface area contributed by atoms with Gasteiger partial charge < -0.3 is 15.5 Å². The third-order valence-corrected chi connectivity index (χ3v) is 4.30. The van der Waals surface area contributed by atoms with Gasteiger partial charge in [-0.2, -0.15) is 0 Å². The summed E-state index contributed by atoms with van der Waals surface area (Å²) in [4.78, 5) is 9.01. The van der Waals surface area contributed by atoms with Gasteiger partial charge in [-0.15, -0.1) is 0 Å². The van der Waals surface area contributed by atoms with Crippen LogP contribution in [0.1, 0.15) is 36.9 Å². The third kappa shape index (κ3) is 3.37. The van der Waals surface area contributed by atoms with Crippen LogP contribution in [0.4, 0.5) is 0 Å². The highest BCUT2D eigenvalue weighted by atomic mass is 79.9. The maximum atomic E-state index is 5.95. The van der Waals surface area contributed by atoms with Crippen molar-refractivity contribution in [2.24, 2.45) is 10.7 Å². The first kappa shape index (κ1) is 14.4. The summed E-state index contributed by atoms with van der Waals surface area (Å²) in [6, 6.07) is 2.55. The highest BCUT2D eigenvalue weighted by Gasteiger charge is 2.14. The summed E-state index contributed by atoms with van der Waals surface area (Å²) in [6.45, 7) is 2.56. The van der Waals surface area contributed by atoms with Gasteiger partial charge in [-0.1, -0.05) is 12.8 Å². The van der Waals surface area contributed by atoms with E-state index in [1.807, 2.05) is 16.8 Å². The van der Waals surface area contributed by atoms with Crippen LogP contribution in [0.15, 0.2) is 27.9 Å². The van der Waals surface area contributed by atoms with Gasteiger partial charge in [0, 0.05) is 22.9 Å². The molecule has 0 amide bonds. The van der Waals surface area contributed by atoms with Crippen molar-refractivity contribution in [3.05, 3.63) is 34.2 Å². The van der Waals surface area contributed by atoms with E-state index >= 15 is 0 Å². The summed E-state index contributed by atoms with van der Waals surface area (Å²) in [7, 11) is 0. The Bertz CT molecular complexity index is 670. The molecule has 1 fully saturated rings. The van der Waals surface area contributed by atoms with Gasteiger partial charge in [0.15, 0.2) is 5.96 Å². The lowest BCUT2D eigenvalue weighted by molar-refractivity contribution is 0.625. The van der Waals surface area contributed by atoms with Crippen LogP contribution < -0.4 is 11.1 Å². The lowest BCUT2D eigenvalue weighted by Crippen LogP contribution is -2.38. The molecule has 21 heavy (non-hydrogen) atoms. The molecule has 0 saturated heterocycles. The number of nitrogens with two attached hydrogens (primary N) is 1. The molecule has 0 aliphatic heterocycles. The van der Waals surface area contributed by atoms with Crippen molar-refractivity contribution in [1.29, 1.82) is 0 Å². The maximum absolute atomic E-state index is 5.95. The van der Waals surface area contributed by atoms with E-state index in [1.54, 1.807) is 0 Å². The monoisotopic (exact) mass is 349 g/mol. The SMILES string of the molecule is Cc1cc(Br)cn2cc(CN=C(N)NC3CCCC3)nc12. The number of hydrogen-bond donors (Lipinski definition) is 2. The van der Waals surface area contributed by atoms with Gasteiger partial charge in [-0.25, -0.2) is 9.98 Å². The van der Waals surface area contributed by atoms with E-state index in [0.717, 1.165) is 21.4 Å². The molecule has 1 aliphatic carbocycles. The second-order valence-electron chi connectivity index (χ2n) is 5.63. The van der Waals surface area contributed by atoms with Crippen LogP contribution in [0.2, 0.25) is 0 Å². The lowest BCUT2D eigenvalue weighted by atomic mass is 10.2. The van der Waals surface area contributed by atoms with E-state index in [1.165, 1.54) is 25.7 Å².